The van der Waals surface area contributed by atoms with E-state index in [1.54, 1.807) is 0 Å². The second-order valence-electron chi connectivity index (χ2n) is 2.86. The van der Waals surface area contributed by atoms with E-state index in [9.17, 15) is 13.6 Å². The van der Waals surface area contributed by atoms with Gasteiger partial charge in [-0.25, -0.2) is 18.6 Å². The molecule has 0 atom stereocenters. The monoisotopic (exact) mass is 294 g/mol. The van der Waals surface area contributed by atoms with Crippen LogP contribution in [-0.4, -0.2) is 18.1 Å². The molecule has 0 amide bonds. The Balaban J connectivity index is 3.37. The van der Waals surface area contributed by atoms with Crippen LogP contribution < -0.4 is 5.73 Å². The predicted octanol–water partition coefficient (Wildman–Crippen LogP) is 2.03. The van der Waals surface area contributed by atoms with Crippen molar-refractivity contribution in [3.8, 4) is 0 Å². The first-order valence-electron chi connectivity index (χ1n) is 4.26. The highest BCUT2D eigenvalue weighted by molar-refractivity contribution is 9.10. The molecule has 1 aromatic heterocycles. The van der Waals surface area contributed by atoms with Crippen LogP contribution in [-0.2, 0) is 11.3 Å². The van der Waals surface area contributed by atoms with Gasteiger partial charge in [-0.3, -0.25) is 0 Å². The number of alkyl halides is 2. The van der Waals surface area contributed by atoms with Gasteiger partial charge in [0.25, 0.3) is 6.43 Å². The van der Waals surface area contributed by atoms with Crippen molar-refractivity contribution >= 4 is 21.9 Å². The molecular weight excluding hydrogens is 286 g/mol. The lowest BCUT2D eigenvalue weighted by atomic mass is 10.1. The van der Waals surface area contributed by atoms with Gasteiger partial charge in [0.2, 0.25) is 0 Å². The van der Waals surface area contributed by atoms with Gasteiger partial charge in [0.15, 0.2) is 5.69 Å². The molecule has 0 aromatic carbocycles. The van der Waals surface area contributed by atoms with Crippen molar-refractivity contribution in [1.29, 1.82) is 0 Å². The number of hydrogen-bond donors (Lipinski definition) is 1. The van der Waals surface area contributed by atoms with Crippen LogP contribution in [0.2, 0.25) is 0 Å². The molecular formula is C9H9BrF2N2O2. The first-order valence-corrected chi connectivity index (χ1v) is 5.06. The first kappa shape index (κ1) is 13.0. The predicted molar refractivity (Wildman–Crippen MR) is 56.1 cm³/mol. The molecule has 88 valence electrons. The number of rotatable bonds is 3. The fourth-order valence-electron chi connectivity index (χ4n) is 1.17. The standard InChI is InChI=1S/C9H9BrF2N2O2/c1-16-9(15)7-6(10)5(8(11)12)4(2-13)3-14-7/h3,8H,2,13H2,1H3. The summed E-state index contributed by atoms with van der Waals surface area (Å²) in [6, 6.07) is 0. The van der Waals surface area contributed by atoms with Gasteiger partial charge in [-0.1, -0.05) is 0 Å². The van der Waals surface area contributed by atoms with Crippen molar-refractivity contribution in [2.75, 3.05) is 7.11 Å². The second-order valence-corrected chi connectivity index (χ2v) is 3.65. The Hall–Kier alpha value is -1.08. The van der Waals surface area contributed by atoms with Crippen LogP contribution in [0.15, 0.2) is 10.7 Å². The average Bonchev–Trinajstić information content (AvgIpc) is 2.26. The van der Waals surface area contributed by atoms with E-state index in [4.69, 9.17) is 5.73 Å². The molecule has 1 rings (SSSR count). The highest BCUT2D eigenvalue weighted by Crippen LogP contribution is 2.32. The maximum atomic E-state index is 12.8. The maximum Gasteiger partial charge on any atom is 0.357 e. The molecule has 16 heavy (non-hydrogen) atoms. The molecule has 0 saturated heterocycles. The highest BCUT2D eigenvalue weighted by atomic mass is 79.9. The quantitative estimate of drug-likeness (QED) is 0.866. The van der Waals surface area contributed by atoms with E-state index in [0.717, 1.165) is 13.3 Å². The van der Waals surface area contributed by atoms with Crippen molar-refractivity contribution in [3.63, 3.8) is 0 Å². The minimum absolute atomic E-state index is 0.0719. The Morgan fingerprint density at radius 1 is 1.69 bits per heavy atom. The second kappa shape index (κ2) is 5.31. The van der Waals surface area contributed by atoms with Crippen molar-refractivity contribution in [1.82, 2.24) is 4.98 Å². The highest BCUT2D eigenvalue weighted by Gasteiger charge is 2.23. The number of hydrogen-bond acceptors (Lipinski definition) is 4. The Labute approximate surface area is 98.9 Å². The van der Waals surface area contributed by atoms with Crippen molar-refractivity contribution < 1.29 is 18.3 Å². The third-order valence-electron chi connectivity index (χ3n) is 1.96. The molecule has 0 saturated carbocycles. The zero-order chi connectivity index (χ0) is 12.3. The lowest BCUT2D eigenvalue weighted by molar-refractivity contribution is 0.0592. The molecule has 0 radical (unpaired) electrons. The molecule has 1 aromatic rings. The van der Waals surface area contributed by atoms with Crippen LogP contribution in [0.4, 0.5) is 8.78 Å². The summed E-state index contributed by atoms with van der Waals surface area (Å²) in [4.78, 5) is 14.9. The lowest BCUT2D eigenvalue weighted by Gasteiger charge is -2.11. The molecule has 7 heteroatoms. The third-order valence-corrected chi connectivity index (χ3v) is 2.76. The van der Waals surface area contributed by atoms with Crippen LogP contribution in [0.3, 0.4) is 0 Å². The van der Waals surface area contributed by atoms with Crippen LogP contribution in [0.5, 0.6) is 0 Å². The zero-order valence-corrected chi connectivity index (χ0v) is 9.92. The maximum absolute atomic E-state index is 12.8. The molecule has 0 aliphatic heterocycles. The Morgan fingerprint density at radius 3 is 2.75 bits per heavy atom. The van der Waals surface area contributed by atoms with E-state index in [-0.39, 0.29) is 27.8 Å². The average molecular weight is 295 g/mol. The molecule has 0 aliphatic rings. The number of carbonyl (C=O) groups is 1. The number of halogens is 3. The zero-order valence-electron chi connectivity index (χ0n) is 8.34. The van der Waals surface area contributed by atoms with Gasteiger partial charge in [0.05, 0.1) is 11.6 Å². The topological polar surface area (TPSA) is 65.2 Å². The minimum Gasteiger partial charge on any atom is -0.464 e. The number of aromatic nitrogens is 1. The SMILES string of the molecule is COC(=O)c1ncc(CN)c(C(F)F)c1Br. The van der Waals surface area contributed by atoms with E-state index in [1.165, 1.54) is 0 Å². The fraction of sp³-hybridized carbons (Fsp3) is 0.333. The number of esters is 1. The Kier molecular flexibility index (Phi) is 4.31. The van der Waals surface area contributed by atoms with Crippen molar-refractivity contribution in [2.24, 2.45) is 5.73 Å². The number of nitrogens with zero attached hydrogens (tertiary/aromatic N) is 1. The van der Waals surface area contributed by atoms with E-state index >= 15 is 0 Å². The van der Waals surface area contributed by atoms with E-state index in [0.29, 0.717) is 0 Å². The first-order chi connectivity index (χ1) is 7.52. The normalized spacial score (nSPS) is 10.6. The summed E-state index contributed by atoms with van der Waals surface area (Å²) >= 11 is 2.92. The fourth-order valence-corrected chi connectivity index (χ4v) is 1.87. The molecule has 0 aliphatic carbocycles. The van der Waals surface area contributed by atoms with Gasteiger partial charge in [0.1, 0.15) is 0 Å². The van der Waals surface area contributed by atoms with Crippen LogP contribution in [0, 0.1) is 0 Å². The number of ether oxygens (including phenoxy) is 1. The summed E-state index contributed by atoms with van der Waals surface area (Å²) in [5.74, 6) is -0.780. The van der Waals surface area contributed by atoms with Crippen LogP contribution in [0.25, 0.3) is 0 Å². The lowest BCUT2D eigenvalue weighted by Crippen LogP contribution is -2.11. The smallest absolute Gasteiger partial charge is 0.357 e. The summed E-state index contributed by atoms with van der Waals surface area (Å²) in [6.07, 6.45) is -1.59. The summed E-state index contributed by atoms with van der Waals surface area (Å²) in [7, 11) is 1.15. The number of pyridine rings is 1. The third kappa shape index (κ3) is 2.35. The van der Waals surface area contributed by atoms with Gasteiger partial charge in [-0.2, -0.15) is 0 Å². The van der Waals surface area contributed by atoms with Crippen LogP contribution >= 0.6 is 15.9 Å². The van der Waals surface area contributed by atoms with Gasteiger partial charge >= 0.3 is 5.97 Å². The summed E-state index contributed by atoms with van der Waals surface area (Å²) < 4.78 is 29.9. The van der Waals surface area contributed by atoms with E-state index in [2.05, 4.69) is 25.7 Å². The van der Waals surface area contributed by atoms with Crippen molar-refractivity contribution in [3.05, 3.63) is 27.5 Å². The van der Waals surface area contributed by atoms with Gasteiger partial charge < -0.3 is 10.5 Å². The minimum atomic E-state index is -2.74. The molecule has 0 fully saturated rings. The summed E-state index contributed by atoms with van der Waals surface area (Å²) in [5.41, 5.74) is 4.99. The molecule has 0 bridgehead atoms. The van der Waals surface area contributed by atoms with Crippen LogP contribution in [0.1, 0.15) is 28.0 Å². The van der Waals surface area contributed by atoms with E-state index in [1.807, 2.05) is 0 Å². The number of carbonyl (C=O) groups excluding carboxylic acids is 1. The van der Waals surface area contributed by atoms with E-state index < -0.39 is 12.4 Å². The molecule has 4 nitrogen and oxygen atoms in total. The summed E-state index contributed by atoms with van der Waals surface area (Å²) in [6.45, 7) is -0.0767. The summed E-state index contributed by atoms with van der Waals surface area (Å²) in [5, 5.41) is 0. The largest absolute Gasteiger partial charge is 0.464 e. The van der Waals surface area contributed by atoms with Crippen molar-refractivity contribution in [2.45, 2.75) is 13.0 Å². The number of nitrogens with two attached hydrogens (primary N) is 1. The Bertz CT molecular complexity index is 413. The van der Waals surface area contributed by atoms with Gasteiger partial charge in [-0.05, 0) is 21.5 Å². The Morgan fingerprint density at radius 2 is 2.31 bits per heavy atom. The molecule has 1 heterocycles. The van der Waals surface area contributed by atoms with Gasteiger partial charge in [0, 0.05) is 18.3 Å². The molecule has 0 spiro atoms. The molecule has 0 unspecified atom stereocenters. The number of methoxy groups -OCH3 is 1. The van der Waals surface area contributed by atoms with Gasteiger partial charge in [-0.15, -0.1) is 0 Å². The molecule has 2 N–H and O–H groups in total.